The number of hydrogen-bond donors (Lipinski definition) is 2. The van der Waals surface area contributed by atoms with Crippen molar-refractivity contribution in [3.63, 3.8) is 0 Å². The van der Waals surface area contributed by atoms with Gasteiger partial charge >= 0.3 is 0 Å². The summed E-state index contributed by atoms with van der Waals surface area (Å²) in [6.45, 7) is 8.79. The van der Waals surface area contributed by atoms with Gasteiger partial charge in [0.05, 0.1) is 5.54 Å². The molecule has 0 aromatic heterocycles. The zero-order valence-corrected chi connectivity index (χ0v) is 12.5. The minimum absolute atomic E-state index is 0.109. The third kappa shape index (κ3) is 3.98. The van der Waals surface area contributed by atoms with Gasteiger partial charge in [-0.3, -0.25) is 4.79 Å². The van der Waals surface area contributed by atoms with Crippen molar-refractivity contribution in [3.05, 3.63) is 0 Å². The first-order valence-electron chi connectivity index (χ1n) is 7.41. The fourth-order valence-electron chi connectivity index (χ4n) is 2.69. The number of amides is 1. The molecule has 0 spiro atoms. The van der Waals surface area contributed by atoms with E-state index in [4.69, 9.17) is 5.73 Å². The molecule has 3 N–H and O–H groups in total. The predicted octanol–water partition coefficient (Wildman–Crippen LogP) is 2.69. The molecule has 0 heterocycles. The summed E-state index contributed by atoms with van der Waals surface area (Å²) in [5.41, 5.74) is 5.53. The van der Waals surface area contributed by atoms with E-state index in [-0.39, 0.29) is 17.4 Å². The van der Waals surface area contributed by atoms with E-state index in [0.717, 1.165) is 12.3 Å². The summed E-state index contributed by atoms with van der Waals surface area (Å²) >= 11 is 0. The molecule has 1 saturated carbocycles. The molecule has 0 bridgehead atoms. The highest BCUT2D eigenvalue weighted by molar-refractivity contribution is 5.79. The van der Waals surface area contributed by atoms with Gasteiger partial charge in [0.25, 0.3) is 0 Å². The Morgan fingerprint density at radius 3 is 2.33 bits per heavy atom. The maximum Gasteiger partial charge on any atom is 0.223 e. The third-order valence-corrected chi connectivity index (χ3v) is 4.72. The number of carbonyl (C=O) groups is 1. The summed E-state index contributed by atoms with van der Waals surface area (Å²) < 4.78 is 0. The first kappa shape index (κ1) is 15.5. The molecule has 0 saturated heterocycles. The van der Waals surface area contributed by atoms with Gasteiger partial charge in [-0.2, -0.15) is 0 Å². The summed E-state index contributed by atoms with van der Waals surface area (Å²) in [5.74, 6) is 1.39. The second-order valence-electron chi connectivity index (χ2n) is 6.55. The molecular formula is C15H30N2O. The Kier molecular flexibility index (Phi) is 5.64. The Morgan fingerprint density at radius 1 is 1.33 bits per heavy atom. The SMILES string of the molecule is CC(CC1CCCC1)C(=O)NC(C)(CN)C(C)C. The first-order valence-corrected chi connectivity index (χ1v) is 7.41. The second-order valence-corrected chi connectivity index (χ2v) is 6.55. The van der Waals surface area contributed by atoms with Crippen molar-refractivity contribution < 1.29 is 4.79 Å². The standard InChI is InChI=1S/C15H30N2O/c1-11(2)15(4,10-16)17-14(18)12(3)9-13-7-5-6-8-13/h11-13H,5-10,16H2,1-4H3,(H,17,18). The van der Waals surface area contributed by atoms with E-state index in [9.17, 15) is 4.79 Å². The van der Waals surface area contributed by atoms with E-state index in [1.165, 1.54) is 25.7 Å². The van der Waals surface area contributed by atoms with E-state index < -0.39 is 0 Å². The van der Waals surface area contributed by atoms with Gasteiger partial charge in [-0.05, 0) is 25.2 Å². The van der Waals surface area contributed by atoms with Crippen LogP contribution in [0.3, 0.4) is 0 Å². The number of hydrogen-bond acceptors (Lipinski definition) is 2. The summed E-state index contributed by atoms with van der Waals surface area (Å²) in [6, 6.07) is 0. The molecule has 2 unspecified atom stereocenters. The molecule has 0 aromatic rings. The van der Waals surface area contributed by atoms with Crippen molar-refractivity contribution in [2.45, 2.75) is 65.3 Å². The Labute approximate surface area is 112 Å². The van der Waals surface area contributed by atoms with Crippen molar-refractivity contribution in [2.75, 3.05) is 6.54 Å². The smallest absolute Gasteiger partial charge is 0.223 e. The molecule has 1 rings (SSSR count). The summed E-state index contributed by atoms with van der Waals surface area (Å²) in [4.78, 5) is 12.2. The fourth-order valence-corrected chi connectivity index (χ4v) is 2.69. The Balaban J connectivity index is 2.47. The Hall–Kier alpha value is -0.570. The van der Waals surface area contributed by atoms with Crippen molar-refractivity contribution in [3.8, 4) is 0 Å². The lowest BCUT2D eigenvalue weighted by Gasteiger charge is -2.35. The van der Waals surface area contributed by atoms with Crippen molar-refractivity contribution >= 4 is 5.91 Å². The first-order chi connectivity index (χ1) is 8.39. The van der Waals surface area contributed by atoms with Crippen LogP contribution >= 0.6 is 0 Å². The third-order valence-electron chi connectivity index (χ3n) is 4.72. The van der Waals surface area contributed by atoms with Crippen LogP contribution in [0.15, 0.2) is 0 Å². The maximum absolute atomic E-state index is 12.2. The minimum atomic E-state index is -0.277. The van der Waals surface area contributed by atoms with E-state index >= 15 is 0 Å². The van der Waals surface area contributed by atoms with E-state index in [1.807, 2.05) is 13.8 Å². The van der Waals surface area contributed by atoms with Crippen LogP contribution in [0.2, 0.25) is 0 Å². The van der Waals surface area contributed by atoms with E-state index in [2.05, 4.69) is 19.2 Å². The van der Waals surface area contributed by atoms with Crippen LogP contribution in [0, 0.1) is 17.8 Å². The highest BCUT2D eigenvalue weighted by Gasteiger charge is 2.31. The molecule has 0 aromatic carbocycles. The molecule has 3 nitrogen and oxygen atoms in total. The van der Waals surface area contributed by atoms with Gasteiger partial charge in [0.1, 0.15) is 0 Å². The van der Waals surface area contributed by atoms with Crippen molar-refractivity contribution in [1.82, 2.24) is 5.32 Å². The average Bonchev–Trinajstić information content (AvgIpc) is 2.81. The van der Waals surface area contributed by atoms with E-state index in [0.29, 0.717) is 12.5 Å². The van der Waals surface area contributed by atoms with Crippen LogP contribution in [0.5, 0.6) is 0 Å². The molecule has 3 heteroatoms. The highest BCUT2D eigenvalue weighted by atomic mass is 16.2. The molecule has 1 amide bonds. The monoisotopic (exact) mass is 254 g/mol. The maximum atomic E-state index is 12.2. The van der Waals surface area contributed by atoms with Crippen LogP contribution in [-0.2, 0) is 4.79 Å². The summed E-state index contributed by atoms with van der Waals surface area (Å²) in [5, 5.41) is 3.15. The number of carbonyl (C=O) groups excluding carboxylic acids is 1. The lowest BCUT2D eigenvalue weighted by Crippen LogP contribution is -2.56. The summed E-state index contributed by atoms with van der Waals surface area (Å²) in [7, 11) is 0. The molecule has 0 aliphatic heterocycles. The van der Waals surface area contributed by atoms with Gasteiger partial charge in [0.2, 0.25) is 5.91 Å². The van der Waals surface area contributed by atoms with Crippen LogP contribution in [-0.4, -0.2) is 18.0 Å². The molecule has 2 atom stereocenters. The largest absolute Gasteiger partial charge is 0.349 e. The predicted molar refractivity (Wildman–Crippen MR) is 76.2 cm³/mol. The zero-order valence-electron chi connectivity index (χ0n) is 12.5. The second kappa shape index (κ2) is 6.55. The number of nitrogens with one attached hydrogen (secondary N) is 1. The average molecular weight is 254 g/mol. The fraction of sp³-hybridized carbons (Fsp3) is 0.933. The molecule has 106 valence electrons. The Morgan fingerprint density at radius 2 is 1.89 bits per heavy atom. The Bertz CT molecular complexity index is 272. The van der Waals surface area contributed by atoms with Gasteiger partial charge in [-0.25, -0.2) is 0 Å². The molecule has 0 radical (unpaired) electrons. The number of rotatable bonds is 6. The molecular weight excluding hydrogens is 224 g/mol. The molecule has 1 aliphatic carbocycles. The van der Waals surface area contributed by atoms with Crippen molar-refractivity contribution in [2.24, 2.45) is 23.5 Å². The van der Waals surface area contributed by atoms with Crippen LogP contribution in [0.25, 0.3) is 0 Å². The highest BCUT2D eigenvalue weighted by Crippen LogP contribution is 2.30. The zero-order chi connectivity index (χ0) is 13.8. The van der Waals surface area contributed by atoms with Gasteiger partial charge in [0.15, 0.2) is 0 Å². The van der Waals surface area contributed by atoms with Gasteiger partial charge in [0, 0.05) is 12.5 Å². The van der Waals surface area contributed by atoms with Crippen LogP contribution < -0.4 is 11.1 Å². The van der Waals surface area contributed by atoms with Gasteiger partial charge in [-0.15, -0.1) is 0 Å². The lowest BCUT2D eigenvalue weighted by molar-refractivity contribution is -0.127. The normalized spacial score (nSPS) is 21.9. The van der Waals surface area contributed by atoms with Crippen molar-refractivity contribution in [1.29, 1.82) is 0 Å². The van der Waals surface area contributed by atoms with Gasteiger partial charge < -0.3 is 11.1 Å². The molecule has 18 heavy (non-hydrogen) atoms. The van der Waals surface area contributed by atoms with Crippen LogP contribution in [0.4, 0.5) is 0 Å². The molecule has 1 aliphatic rings. The number of nitrogens with two attached hydrogens (primary N) is 1. The quantitative estimate of drug-likeness (QED) is 0.765. The minimum Gasteiger partial charge on any atom is -0.349 e. The summed E-state index contributed by atoms with van der Waals surface area (Å²) in [6.07, 6.45) is 6.31. The van der Waals surface area contributed by atoms with Gasteiger partial charge in [-0.1, -0.05) is 46.5 Å². The lowest BCUT2D eigenvalue weighted by atomic mass is 9.87. The van der Waals surface area contributed by atoms with Crippen LogP contribution in [0.1, 0.15) is 59.8 Å². The topological polar surface area (TPSA) is 55.1 Å². The molecule has 1 fully saturated rings. The van der Waals surface area contributed by atoms with E-state index in [1.54, 1.807) is 0 Å².